The third-order valence-electron chi connectivity index (χ3n) is 6.78. The first kappa shape index (κ1) is 30.6. The monoisotopic (exact) mass is 541 g/mol. The minimum absolute atomic E-state index is 0.157. The van der Waals surface area contributed by atoms with Crippen molar-refractivity contribution in [3.63, 3.8) is 0 Å². The number of ether oxygens (including phenoxy) is 5. The summed E-state index contributed by atoms with van der Waals surface area (Å²) in [6.45, 7) is 1.79. The number of aliphatic hydroxyl groups excluding tert-OH is 8. The molecule has 16 nitrogen and oxygen atoms in total. The van der Waals surface area contributed by atoms with Crippen LogP contribution in [0.1, 0.15) is 0 Å². The largest absolute Gasteiger partial charge is 0.394 e. The van der Waals surface area contributed by atoms with Crippen LogP contribution in [-0.2, 0) is 23.7 Å². The van der Waals surface area contributed by atoms with E-state index in [1.807, 2.05) is 0 Å². The standard InChI is InChI=1S/C21H39N3O13/c1-2-3-24-12-16(31)18(36-20-11(23)14(29)13(28)7(4-25)34-20)9(6-27)35-21(12)37-17-8(5-26)33-19(32)10(22)15(17)30/h2,7-21,24-32H,1,3-6,22-23H2/t7-,8-,9-,10-,11-,12-,13-,14-,15-,16-,17?,18?,19-,20+,21+/m1/s1. The van der Waals surface area contributed by atoms with Crippen LogP contribution in [0.25, 0.3) is 0 Å². The summed E-state index contributed by atoms with van der Waals surface area (Å²) in [4.78, 5) is 0. The quantitative estimate of drug-likeness (QED) is 0.115. The Morgan fingerprint density at radius 2 is 1.24 bits per heavy atom. The van der Waals surface area contributed by atoms with Gasteiger partial charge in [-0.05, 0) is 0 Å². The van der Waals surface area contributed by atoms with Gasteiger partial charge in [0.2, 0.25) is 0 Å². The fraction of sp³-hybridized carbons (Fsp3) is 0.905. The third-order valence-corrected chi connectivity index (χ3v) is 6.78. The summed E-state index contributed by atoms with van der Waals surface area (Å²) in [7, 11) is 0. The third kappa shape index (κ3) is 6.47. The Hall–Kier alpha value is -0.900. The first-order valence-corrected chi connectivity index (χ1v) is 11.9. The molecular formula is C21H39N3O13. The van der Waals surface area contributed by atoms with E-state index in [1.54, 1.807) is 0 Å². The maximum absolute atomic E-state index is 11.2. The SMILES string of the molecule is C=CCN[C@H]1[C@H](OC2[C@@H](CO)O[C@@H](O)[C@H](N)[C@H]2O)O[C@H](CO)C(O[C@@H]2O[C@H](CO)[C@@H](O)[C@H](O)[C@H]2N)[C@@H]1O. The molecule has 37 heavy (non-hydrogen) atoms. The summed E-state index contributed by atoms with van der Waals surface area (Å²) in [5, 5.41) is 84.0. The number of nitrogens with one attached hydrogen (secondary N) is 1. The molecular weight excluding hydrogens is 502 g/mol. The molecule has 0 bridgehead atoms. The number of hydrogen-bond acceptors (Lipinski definition) is 16. The van der Waals surface area contributed by atoms with Crippen LogP contribution in [0.5, 0.6) is 0 Å². The lowest BCUT2D eigenvalue weighted by Gasteiger charge is -2.49. The Bertz CT molecular complexity index is 721. The second-order valence-corrected chi connectivity index (χ2v) is 9.24. The van der Waals surface area contributed by atoms with E-state index in [4.69, 9.17) is 35.2 Å². The summed E-state index contributed by atoms with van der Waals surface area (Å²) in [6.07, 6.45) is -15.0. The summed E-state index contributed by atoms with van der Waals surface area (Å²) in [5.41, 5.74) is 11.7. The number of hydrogen-bond donors (Lipinski definition) is 11. The second-order valence-electron chi connectivity index (χ2n) is 9.24. The van der Waals surface area contributed by atoms with Crippen molar-refractivity contribution in [2.45, 2.75) is 91.9 Å². The maximum atomic E-state index is 11.2. The highest BCUT2D eigenvalue weighted by atomic mass is 16.7. The fourth-order valence-electron chi connectivity index (χ4n) is 4.59. The first-order chi connectivity index (χ1) is 17.6. The van der Waals surface area contributed by atoms with Gasteiger partial charge in [0, 0.05) is 6.54 Å². The second kappa shape index (κ2) is 13.4. The highest BCUT2D eigenvalue weighted by Gasteiger charge is 2.52. The zero-order valence-electron chi connectivity index (χ0n) is 20.0. The van der Waals surface area contributed by atoms with Crippen LogP contribution in [0, 0.1) is 0 Å². The molecule has 3 rings (SSSR count). The van der Waals surface area contributed by atoms with Gasteiger partial charge in [-0.2, -0.15) is 0 Å². The van der Waals surface area contributed by atoms with Crippen LogP contribution in [0.2, 0.25) is 0 Å². The van der Waals surface area contributed by atoms with Crippen molar-refractivity contribution in [3.8, 4) is 0 Å². The van der Waals surface area contributed by atoms with E-state index < -0.39 is 112 Å². The van der Waals surface area contributed by atoms with Crippen LogP contribution in [0.15, 0.2) is 12.7 Å². The Kier molecular flexibility index (Phi) is 11.1. The zero-order valence-corrected chi connectivity index (χ0v) is 20.0. The molecule has 0 aromatic rings. The minimum atomic E-state index is -1.56. The van der Waals surface area contributed by atoms with Gasteiger partial charge in [0.1, 0.15) is 54.9 Å². The zero-order chi connectivity index (χ0) is 27.4. The summed E-state index contributed by atoms with van der Waals surface area (Å²) in [5.74, 6) is 0. The van der Waals surface area contributed by atoms with Gasteiger partial charge >= 0.3 is 0 Å². The molecule has 3 heterocycles. The molecule has 0 aromatic carbocycles. The minimum Gasteiger partial charge on any atom is -0.394 e. The first-order valence-electron chi connectivity index (χ1n) is 11.9. The van der Waals surface area contributed by atoms with Crippen LogP contribution in [0.4, 0.5) is 0 Å². The number of nitrogens with two attached hydrogens (primary N) is 2. The van der Waals surface area contributed by atoms with E-state index in [2.05, 4.69) is 11.9 Å². The van der Waals surface area contributed by atoms with E-state index in [0.717, 1.165) is 0 Å². The molecule has 216 valence electrons. The van der Waals surface area contributed by atoms with Crippen LogP contribution in [-0.4, -0.2) is 159 Å². The molecule has 0 saturated carbocycles. The summed E-state index contributed by atoms with van der Waals surface area (Å²) >= 11 is 0. The van der Waals surface area contributed by atoms with E-state index in [9.17, 15) is 40.9 Å². The number of aliphatic hydroxyl groups is 8. The van der Waals surface area contributed by atoms with Gasteiger partial charge in [0.05, 0.1) is 37.9 Å². The normalized spacial score (nSPS) is 49.1. The highest BCUT2D eigenvalue weighted by Crippen LogP contribution is 2.31. The van der Waals surface area contributed by atoms with Gasteiger partial charge in [-0.15, -0.1) is 6.58 Å². The molecule has 13 N–H and O–H groups in total. The van der Waals surface area contributed by atoms with Crippen molar-refractivity contribution in [2.24, 2.45) is 11.5 Å². The maximum Gasteiger partial charge on any atom is 0.176 e. The van der Waals surface area contributed by atoms with Gasteiger partial charge in [-0.25, -0.2) is 0 Å². The average molecular weight is 542 g/mol. The fourth-order valence-corrected chi connectivity index (χ4v) is 4.59. The molecule has 16 heteroatoms. The molecule has 3 aliphatic heterocycles. The molecule has 0 spiro atoms. The number of rotatable bonds is 10. The van der Waals surface area contributed by atoms with Gasteiger partial charge in [0.25, 0.3) is 0 Å². The van der Waals surface area contributed by atoms with E-state index >= 15 is 0 Å². The van der Waals surface area contributed by atoms with E-state index in [0.29, 0.717) is 0 Å². The van der Waals surface area contributed by atoms with Crippen molar-refractivity contribution in [2.75, 3.05) is 26.4 Å². The lowest BCUT2D eigenvalue weighted by Crippen LogP contribution is -2.70. The van der Waals surface area contributed by atoms with Crippen molar-refractivity contribution in [3.05, 3.63) is 12.7 Å². The Morgan fingerprint density at radius 1 is 0.703 bits per heavy atom. The van der Waals surface area contributed by atoms with Gasteiger partial charge in [0.15, 0.2) is 18.9 Å². The van der Waals surface area contributed by atoms with Crippen molar-refractivity contribution in [1.82, 2.24) is 5.32 Å². The van der Waals surface area contributed by atoms with E-state index in [-0.39, 0.29) is 6.54 Å². The highest BCUT2D eigenvalue weighted by molar-refractivity contribution is 5.00. The molecule has 15 atom stereocenters. The van der Waals surface area contributed by atoms with E-state index in [1.165, 1.54) is 6.08 Å². The van der Waals surface area contributed by atoms with Gasteiger partial charge in [-0.1, -0.05) is 6.08 Å². The van der Waals surface area contributed by atoms with Crippen LogP contribution in [0.3, 0.4) is 0 Å². The van der Waals surface area contributed by atoms with Crippen molar-refractivity contribution < 1.29 is 64.5 Å². The van der Waals surface area contributed by atoms with Gasteiger partial charge in [-0.3, -0.25) is 0 Å². The Balaban J connectivity index is 1.81. The molecule has 3 aliphatic rings. The summed E-state index contributed by atoms with van der Waals surface area (Å²) < 4.78 is 28.2. The Morgan fingerprint density at radius 3 is 1.84 bits per heavy atom. The molecule has 0 aromatic heterocycles. The summed E-state index contributed by atoms with van der Waals surface area (Å²) in [6, 6.07) is -3.62. The molecule has 2 unspecified atom stereocenters. The van der Waals surface area contributed by atoms with Gasteiger partial charge < -0.3 is 81.3 Å². The molecule has 3 saturated heterocycles. The topological polar surface area (TPSA) is 272 Å². The van der Waals surface area contributed by atoms with Crippen molar-refractivity contribution in [1.29, 1.82) is 0 Å². The predicted octanol–water partition coefficient (Wildman–Crippen LogP) is -6.86. The Labute approximate surface area is 212 Å². The van der Waals surface area contributed by atoms with Crippen molar-refractivity contribution >= 4 is 0 Å². The average Bonchev–Trinajstić information content (AvgIpc) is 2.89. The van der Waals surface area contributed by atoms with Crippen LogP contribution >= 0.6 is 0 Å². The lowest BCUT2D eigenvalue weighted by atomic mass is 9.94. The van der Waals surface area contributed by atoms with Crippen LogP contribution < -0.4 is 16.8 Å². The molecule has 0 aliphatic carbocycles. The lowest BCUT2D eigenvalue weighted by molar-refractivity contribution is -0.350. The predicted molar refractivity (Wildman–Crippen MR) is 121 cm³/mol. The smallest absolute Gasteiger partial charge is 0.176 e. The molecule has 0 radical (unpaired) electrons. The molecule has 0 amide bonds. The molecule has 3 fully saturated rings.